The van der Waals surface area contributed by atoms with E-state index in [2.05, 4.69) is 16.8 Å². The maximum atomic E-state index is 10.9. The predicted molar refractivity (Wildman–Crippen MR) is 57.8 cm³/mol. The summed E-state index contributed by atoms with van der Waals surface area (Å²) >= 11 is 1.62. The van der Waals surface area contributed by atoms with Crippen LogP contribution < -0.4 is 0 Å². The van der Waals surface area contributed by atoms with Gasteiger partial charge in [-0.2, -0.15) is 0 Å². The first kappa shape index (κ1) is 10.6. The van der Waals surface area contributed by atoms with Gasteiger partial charge in [-0.25, -0.2) is 0 Å². The molecule has 0 saturated carbocycles. The van der Waals surface area contributed by atoms with Crippen molar-refractivity contribution in [3.8, 4) is 0 Å². The molecular weight excluding hydrogens is 212 g/mol. The van der Waals surface area contributed by atoms with Crippen LogP contribution in [0.4, 0.5) is 0 Å². The maximum absolute atomic E-state index is 10.9. The van der Waals surface area contributed by atoms with Gasteiger partial charge in [0.05, 0.1) is 10.9 Å². The molecule has 1 aromatic heterocycles. The molecule has 2 heterocycles. The Hall–Kier alpha value is -0.940. The number of nitrogens with zero attached hydrogens (tertiary/aromatic N) is 2. The van der Waals surface area contributed by atoms with Gasteiger partial charge in [0.1, 0.15) is 0 Å². The molecule has 0 aliphatic carbocycles. The highest BCUT2D eigenvalue weighted by atomic mass is 32.1. The van der Waals surface area contributed by atoms with E-state index in [1.807, 2.05) is 11.7 Å². The molecule has 1 aromatic rings. The van der Waals surface area contributed by atoms with Crippen LogP contribution in [0.5, 0.6) is 0 Å². The molecule has 1 saturated heterocycles. The number of thiazole rings is 1. The van der Waals surface area contributed by atoms with E-state index in [9.17, 15) is 4.79 Å². The number of likely N-dealkylation sites (tertiary alicyclic amines) is 1. The highest BCUT2D eigenvalue weighted by Crippen LogP contribution is 2.37. The fourth-order valence-corrected chi connectivity index (χ4v) is 2.58. The van der Waals surface area contributed by atoms with Gasteiger partial charge in [-0.15, -0.1) is 11.3 Å². The molecule has 1 fully saturated rings. The molecule has 0 spiro atoms. The Labute approximate surface area is 92.6 Å². The molecule has 1 N–H and O–H groups in total. The van der Waals surface area contributed by atoms with Crippen molar-refractivity contribution in [1.29, 1.82) is 0 Å². The van der Waals surface area contributed by atoms with E-state index in [0.29, 0.717) is 13.1 Å². The summed E-state index contributed by atoms with van der Waals surface area (Å²) in [4.78, 5) is 18.3. The Morgan fingerprint density at radius 2 is 2.40 bits per heavy atom. The number of carboxylic acid groups (broad SMARTS) is 1. The summed E-state index contributed by atoms with van der Waals surface area (Å²) in [6, 6.07) is 0.282. The van der Waals surface area contributed by atoms with Gasteiger partial charge >= 0.3 is 5.97 Å². The lowest BCUT2D eigenvalue weighted by molar-refractivity contribution is -0.160. The lowest BCUT2D eigenvalue weighted by Crippen LogP contribution is -2.59. The van der Waals surface area contributed by atoms with Crippen molar-refractivity contribution in [2.24, 2.45) is 5.41 Å². The van der Waals surface area contributed by atoms with E-state index < -0.39 is 11.4 Å². The topological polar surface area (TPSA) is 53.4 Å². The summed E-state index contributed by atoms with van der Waals surface area (Å²) in [5.41, 5.74) is 1.25. The molecule has 1 aliphatic rings. The number of aliphatic carboxylic acids is 1. The smallest absolute Gasteiger partial charge is 0.311 e. The summed E-state index contributed by atoms with van der Waals surface area (Å²) in [6.07, 6.45) is 1.85. The van der Waals surface area contributed by atoms with Crippen LogP contribution in [0.15, 0.2) is 11.7 Å². The molecule has 2 rings (SSSR count). The minimum Gasteiger partial charge on any atom is -0.481 e. The fourth-order valence-electron chi connectivity index (χ4n) is 1.87. The Kier molecular flexibility index (Phi) is 2.52. The molecule has 0 bridgehead atoms. The molecule has 15 heavy (non-hydrogen) atoms. The normalized spacial score (nSPS) is 22.0. The molecular formula is C10H14N2O2S. The summed E-state index contributed by atoms with van der Waals surface area (Å²) < 4.78 is 0. The van der Waals surface area contributed by atoms with Gasteiger partial charge in [0.2, 0.25) is 0 Å². The van der Waals surface area contributed by atoms with Crippen LogP contribution in [0.25, 0.3) is 0 Å². The van der Waals surface area contributed by atoms with Gasteiger partial charge in [0.15, 0.2) is 0 Å². The Balaban J connectivity index is 1.98. The van der Waals surface area contributed by atoms with Crippen LogP contribution in [-0.2, 0) is 4.79 Å². The van der Waals surface area contributed by atoms with E-state index >= 15 is 0 Å². The second kappa shape index (κ2) is 3.57. The van der Waals surface area contributed by atoms with Crippen molar-refractivity contribution in [2.75, 3.05) is 13.1 Å². The molecule has 5 heteroatoms. The van der Waals surface area contributed by atoms with Crippen molar-refractivity contribution in [3.05, 3.63) is 16.6 Å². The minimum absolute atomic E-state index is 0.282. The largest absolute Gasteiger partial charge is 0.481 e. The number of rotatable bonds is 3. The van der Waals surface area contributed by atoms with Crippen molar-refractivity contribution < 1.29 is 9.90 Å². The number of carboxylic acids is 1. The number of aromatic nitrogens is 1. The molecule has 1 aliphatic heterocycles. The van der Waals surface area contributed by atoms with Gasteiger partial charge in [-0.1, -0.05) is 0 Å². The zero-order valence-corrected chi connectivity index (χ0v) is 9.62. The molecule has 4 nitrogen and oxygen atoms in total. The van der Waals surface area contributed by atoms with E-state index in [4.69, 9.17) is 5.11 Å². The monoisotopic (exact) mass is 226 g/mol. The molecule has 82 valence electrons. The van der Waals surface area contributed by atoms with Gasteiger partial charge in [0.25, 0.3) is 0 Å². The molecule has 0 amide bonds. The molecule has 0 aromatic carbocycles. The lowest BCUT2D eigenvalue weighted by atomic mass is 9.81. The van der Waals surface area contributed by atoms with E-state index in [1.54, 1.807) is 18.3 Å². The fraction of sp³-hybridized carbons (Fsp3) is 0.600. The second-order valence-corrected chi connectivity index (χ2v) is 5.27. The minimum atomic E-state index is -0.699. The quantitative estimate of drug-likeness (QED) is 0.850. The third-order valence-corrected chi connectivity index (χ3v) is 3.98. The number of hydrogen-bond donors (Lipinski definition) is 1. The van der Waals surface area contributed by atoms with Gasteiger partial charge in [0, 0.05) is 30.2 Å². The second-order valence-electron chi connectivity index (χ2n) is 4.35. The first-order chi connectivity index (χ1) is 7.03. The van der Waals surface area contributed by atoms with Crippen LogP contribution in [0.3, 0.4) is 0 Å². The van der Waals surface area contributed by atoms with Gasteiger partial charge in [-0.05, 0) is 13.8 Å². The van der Waals surface area contributed by atoms with Gasteiger partial charge in [-0.3, -0.25) is 14.7 Å². The number of hydrogen-bond acceptors (Lipinski definition) is 4. The van der Waals surface area contributed by atoms with Crippen LogP contribution in [0.1, 0.15) is 24.8 Å². The van der Waals surface area contributed by atoms with Crippen LogP contribution in [0, 0.1) is 5.41 Å². The Morgan fingerprint density at radius 1 is 1.73 bits per heavy atom. The zero-order chi connectivity index (χ0) is 11.1. The lowest BCUT2D eigenvalue weighted by Gasteiger charge is -2.47. The molecule has 1 atom stereocenters. The predicted octanol–water partition coefficient (Wildman–Crippen LogP) is 1.61. The van der Waals surface area contributed by atoms with Crippen molar-refractivity contribution in [1.82, 2.24) is 9.88 Å². The van der Waals surface area contributed by atoms with E-state index in [0.717, 1.165) is 0 Å². The molecule has 1 unspecified atom stereocenters. The highest BCUT2D eigenvalue weighted by molar-refractivity contribution is 7.09. The SMILES string of the molecule is CC(c1cncs1)N1CC(C)(C(=O)O)C1. The summed E-state index contributed by atoms with van der Waals surface area (Å²) in [6.45, 7) is 5.14. The summed E-state index contributed by atoms with van der Waals surface area (Å²) in [5, 5.41) is 8.99. The average Bonchev–Trinajstić information content (AvgIpc) is 2.64. The van der Waals surface area contributed by atoms with E-state index in [1.165, 1.54) is 4.88 Å². The van der Waals surface area contributed by atoms with E-state index in [-0.39, 0.29) is 6.04 Å². The first-order valence-electron chi connectivity index (χ1n) is 4.89. The average molecular weight is 226 g/mol. The summed E-state index contributed by atoms with van der Waals surface area (Å²) in [5.74, 6) is -0.699. The van der Waals surface area contributed by atoms with Crippen molar-refractivity contribution in [3.63, 3.8) is 0 Å². The standard InChI is InChI=1S/C10H14N2O2S/c1-7(8-3-11-6-15-8)12-4-10(2,5-12)9(13)14/h3,6-7H,4-5H2,1-2H3,(H,13,14). The Morgan fingerprint density at radius 3 is 2.87 bits per heavy atom. The first-order valence-corrected chi connectivity index (χ1v) is 5.77. The van der Waals surface area contributed by atoms with Crippen molar-refractivity contribution in [2.45, 2.75) is 19.9 Å². The van der Waals surface area contributed by atoms with Crippen molar-refractivity contribution >= 4 is 17.3 Å². The van der Waals surface area contributed by atoms with Crippen LogP contribution in [0.2, 0.25) is 0 Å². The van der Waals surface area contributed by atoms with Crippen LogP contribution >= 0.6 is 11.3 Å². The Bertz CT molecular complexity index is 358. The zero-order valence-electron chi connectivity index (χ0n) is 8.80. The molecule has 0 radical (unpaired) electrons. The third kappa shape index (κ3) is 1.77. The number of carbonyl (C=O) groups is 1. The maximum Gasteiger partial charge on any atom is 0.311 e. The third-order valence-electron chi connectivity index (χ3n) is 3.03. The highest BCUT2D eigenvalue weighted by Gasteiger charge is 2.47. The van der Waals surface area contributed by atoms with Crippen LogP contribution in [-0.4, -0.2) is 34.0 Å². The van der Waals surface area contributed by atoms with Gasteiger partial charge < -0.3 is 5.11 Å². The summed E-state index contributed by atoms with van der Waals surface area (Å²) in [7, 11) is 0.